The van der Waals surface area contributed by atoms with Crippen molar-refractivity contribution < 1.29 is 4.79 Å². The summed E-state index contributed by atoms with van der Waals surface area (Å²) in [5.74, 6) is -0.0439. The highest BCUT2D eigenvalue weighted by Gasteiger charge is 2.21. The van der Waals surface area contributed by atoms with Crippen molar-refractivity contribution in [3.63, 3.8) is 0 Å². The molecule has 0 aliphatic rings. The molecule has 3 aromatic carbocycles. The van der Waals surface area contributed by atoms with Crippen molar-refractivity contribution in [3.05, 3.63) is 83.4 Å². The van der Waals surface area contributed by atoms with Crippen LogP contribution in [0.2, 0.25) is 5.02 Å². The van der Waals surface area contributed by atoms with E-state index in [2.05, 4.69) is 48.3 Å². The number of carbonyl (C=O) groups excluding carboxylic acids is 1. The lowest BCUT2D eigenvalue weighted by molar-refractivity contribution is -0.124. The molecule has 0 saturated heterocycles. The molecule has 0 spiro atoms. The van der Waals surface area contributed by atoms with Crippen LogP contribution in [0, 0.1) is 6.92 Å². The largest absolute Gasteiger partial charge is 0.372 e. The van der Waals surface area contributed by atoms with Gasteiger partial charge in [-0.1, -0.05) is 54.1 Å². The second-order valence-corrected chi connectivity index (χ2v) is 9.00. The Balaban J connectivity index is 1.44. The van der Waals surface area contributed by atoms with E-state index in [0.29, 0.717) is 11.6 Å². The lowest BCUT2D eigenvalue weighted by Crippen LogP contribution is -2.34. The minimum atomic E-state index is -0.444. The number of fused-ring (bicyclic) bond motifs is 1. The van der Waals surface area contributed by atoms with Crippen molar-refractivity contribution >= 4 is 34.1 Å². The zero-order valence-electron chi connectivity index (χ0n) is 20.0. The van der Waals surface area contributed by atoms with E-state index in [1.807, 2.05) is 55.5 Å². The smallest absolute Gasteiger partial charge is 0.244 e. The van der Waals surface area contributed by atoms with Crippen molar-refractivity contribution in [1.29, 1.82) is 0 Å². The van der Waals surface area contributed by atoms with Gasteiger partial charge in [-0.25, -0.2) is 0 Å². The summed E-state index contributed by atoms with van der Waals surface area (Å²) in [6.45, 7) is 8.57. The lowest BCUT2D eigenvalue weighted by Gasteiger charge is -2.23. The second kappa shape index (κ2) is 10.7. The van der Waals surface area contributed by atoms with E-state index in [9.17, 15) is 4.79 Å². The SMILES string of the molecule is CCN(CCCNC(=O)C(C)n1nc(-c2ccccc2)c2cc(Cl)ccc21)c1cccc(C)c1. The molecule has 5 nitrogen and oxygen atoms in total. The first-order valence-corrected chi connectivity index (χ1v) is 12.2. The van der Waals surface area contributed by atoms with Crippen LogP contribution < -0.4 is 10.2 Å². The normalized spacial score (nSPS) is 12.0. The molecule has 0 saturated carbocycles. The third-order valence-electron chi connectivity index (χ3n) is 6.11. The molecule has 1 unspecified atom stereocenters. The van der Waals surface area contributed by atoms with E-state index in [-0.39, 0.29) is 5.91 Å². The molecule has 0 aliphatic carbocycles. The fourth-order valence-corrected chi connectivity index (χ4v) is 4.42. The minimum Gasteiger partial charge on any atom is -0.372 e. The number of aromatic nitrogens is 2. The molecule has 0 radical (unpaired) electrons. The summed E-state index contributed by atoms with van der Waals surface area (Å²) in [5, 5.41) is 9.51. The predicted molar refractivity (Wildman–Crippen MR) is 142 cm³/mol. The zero-order chi connectivity index (χ0) is 24.1. The molecule has 1 N–H and O–H groups in total. The van der Waals surface area contributed by atoms with Crippen LogP contribution in [0.4, 0.5) is 5.69 Å². The Bertz CT molecular complexity index is 1270. The van der Waals surface area contributed by atoms with Gasteiger partial charge in [0, 0.05) is 41.3 Å². The summed E-state index contributed by atoms with van der Waals surface area (Å²) in [6.07, 6.45) is 0.866. The summed E-state index contributed by atoms with van der Waals surface area (Å²) in [5.41, 5.74) is 5.19. The second-order valence-electron chi connectivity index (χ2n) is 8.56. The maximum Gasteiger partial charge on any atom is 0.244 e. The van der Waals surface area contributed by atoms with Crippen molar-refractivity contribution in [1.82, 2.24) is 15.1 Å². The predicted octanol–water partition coefficient (Wildman–Crippen LogP) is 6.26. The number of nitrogens with one attached hydrogen (secondary N) is 1. The highest BCUT2D eigenvalue weighted by Crippen LogP contribution is 2.31. The highest BCUT2D eigenvalue weighted by atomic mass is 35.5. The molecular weight excluding hydrogens is 444 g/mol. The molecule has 0 bridgehead atoms. The number of halogens is 1. The average Bonchev–Trinajstić information content (AvgIpc) is 3.22. The molecule has 1 aromatic heterocycles. The molecule has 1 atom stereocenters. The topological polar surface area (TPSA) is 50.2 Å². The number of anilines is 1. The van der Waals surface area contributed by atoms with E-state index in [1.165, 1.54) is 11.3 Å². The Morgan fingerprint density at radius 2 is 1.88 bits per heavy atom. The number of benzene rings is 3. The molecule has 4 aromatic rings. The van der Waals surface area contributed by atoms with E-state index in [0.717, 1.165) is 41.7 Å². The first-order chi connectivity index (χ1) is 16.5. The number of rotatable bonds is 9. The lowest BCUT2D eigenvalue weighted by atomic mass is 10.1. The van der Waals surface area contributed by atoms with Gasteiger partial charge in [0.2, 0.25) is 5.91 Å². The Morgan fingerprint density at radius 1 is 1.09 bits per heavy atom. The third-order valence-corrected chi connectivity index (χ3v) is 6.35. The molecule has 0 aliphatic heterocycles. The van der Waals surface area contributed by atoms with Gasteiger partial charge in [0.1, 0.15) is 11.7 Å². The molecule has 4 rings (SSSR count). The van der Waals surface area contributed by atoms with Gasteiger partial charge in [0.15, 0.2) is 0 Å². The Hall–Kier alpha value is -3.31. The number of carbonyl (C=O) groups is 1. The summed E-state index contributed by atoms with van der Waals surface area (Å²) >= 11 is 6.28. The van der Waals surface area contributed by atoms with Crippen molar-refractivity contribution in [2.75, 3.05) is 24.5 Å². The quantitative estimate of drug-likeness (QED) is 0.291. The van der Waals surface area contributed by atoms with Crippen LogP contribution in [0.3, 0.4) is 0 Å². The Labute approximate surface area is 206 Å². The number of nitrogens with zero attached hydrogens (tertiary/aromatic N) is 3. The van der Waals surface area contributed by atoms with Crippen molar-refractivity contribution in [2.45, 2.75) is 33.2 Å². The van der Waals surface area contributed by atoms with Crippen LogP contribution in [0.25, 0.3) is 22.2 Å². The van der Waals surface area contributed by atoms with E-state index in [4.69, 9.17) is 16.7 Å². The van der Waals surface area contributed by atoms with Gasteiger partial charge >= 0.3 is 0 Å². The monoisotopic (exact) mass is 474 g/mol. The van der Waals surface area contributed by atoms with Gasteiger partial charge in [-0.15, -0.1) is 0 Å². The van der Waals surface area contributed by atoms with Crippen molar-refractivity contribution in [3.8, 4) is 11.3 Å². The zero-order valence-corrected chi connectivity index (χ0v) is 20.7. The molecule has 1 amide bonds. The molecule has 0 fully saturated rings. The number of hydrogen-bond acceptors (Lipinski definition) is 3. The van der Waals surface area contributed by atoms with Crippen LogP contribution in [0.1, 0.15) is 31.9 Å². The fourth-order valence-electron chi connectivity index (χ4n) is 4.25. The summed E-state index contributed by atoms with van der Waals surface area (Å²) in [4.78, 5) is 15.3. The molecule has 176 valence electrons. The maximum atomic E-state index is 13.0. The molecule has 1 heterocycles. The van der Waals surface area contributed by atoms with Gasteiger partial charge in [0.05, 0.1) is 5.52 Å². The van der Waals surface area contributed by atoms with Gasteiger partial charge in [-0.2, -0.15) is 5.10 Å². The highest BCUT2D eigenvalue weighted by molar-refractivity contribution is 6.31. The minimum absolute atomic E-state index is 0.0439. The third kappa shape index (κ3) is 5.26. The van der Waals surface area contributed by atoms with Crippen LogP contribution in [-0.4, -0.2) is 35.3 Å². The Kier molecular flexibility index (Phi) is 7.53. The number of aryl methyl sites for hydroxylation is 1. The molecular formula is C28H31ClN4O. The van der Waals surface area contributed by atoms with Gasteiger partial charge < -0.3 is 10.2 Å². The number of hydrogen-bond donors (Lipinski definition) is 1. The van der Waals surface area contributed by atoms with E-state index >= 15 is 0 Å². The van der Waals surface area contributed by atoms with Crippen molar-refractivity contribution in [2.24, 2.45) is 0 Å². The van der Waals surface area contributed by atoms with E-state index in [1.54, 1.807) is 4.68 Å². The van der Waals surface area contributed by atoms with Gasteiger partial charge in [-0.3, -0.25) is 9.48 Å². The average molecular weight is 475 g/mol. The van der Waals surface area contributed by atoms with Gasteiger partial charge in [-0.05, 0) is 63.1 Å². The molecule has 6 heteroatoms. The maximum absolute atomic E-state index is 13.0. The molecule has 34 heavy (non-hydrogen) atoms. The van der Waals surface area contributed by atoms with Crippen LogP contribution >= 0.6 is 11.6 Å². The summed E-state index contributed by atoms with van der Waals surface area (Å²) in [6, 6.07) is 23.7. The first-order valence-electron chi connectivity index (χ1n) is 11.8. The number of amides is 1. The van der Waals surface area contributed by atoms with Gasteiger partial charge in [0.25, 0.3) is 0 Å². The standard InChI is InChI=1S/C28H31ClN4O/c1-4-32(24-13-8-10-20(2)18-24)17-9-16-30-28(34)21(3)33-26-15-14-23(29)19-25(26)27(31-33)22-11-6-5-7-12-22/h5-8,10-15,18-19,21H,4,9,16-17H2,1-3H3,(H,30,34). The van der Waals surface area contributed by atoms with E-state index < -0.39 is 6.04 Å². The first kappa shape index (κ1) is 23.8. The summed E-state index contributed by atoms with van der Waals surface area (Å²) in [7, 11) is 0. The van der Waals surface area contributed by atoms with Crippen LogP contribution in [-0.2, 0) is 4.79 Å². The Morgan fingerprint density at radius 3 is 2.62 bits per heavy atom. The summed E-state index contributed by atoms with van der Waals surface area (Å²) < 4.78 is 1.80. The van der Waals surface area contributed by atoms with Crippen LogP contribution in [0.5, 0.6) is 0 Å². The fraction of sp³-hybridized carbons (Fsp3) is 0.286. The van der Waals surface area contributed by atoms with Crippen LogP contribution in [0.15, 0.2) is 72.8 Å².